The summed E-state index contributed by atoms with van der Waals surface area (Å²) in [4.78, 5) is 2.52. The van der Waals surface area contributed by atoms with E-state index in [2.05, 4.69) is 88.8 Å². The molecule has 5 nitrogen and oxygen atoms in total. The molecular formula is C31H34N4O. The quantitative estimate of drug-likeness (QED) is 0.350. The highest BCUT2D eigenvalue weighted by Gasteiger charge is 2.52. The van der Waals surface area contributed by atoms with Crippen LogP contribution in [0, 0.1) is 0 Å². The van der Waals surface area contributed by atoms with Crippen molar-refractivity contribution in [3.8, 4) is 0 Å². The molecule has 4 atom stereocenters. The zero-order valence-corrected chi connectivity index (χ0v) is 21.6. The molecule has 4 heterocycles. The van der Waals surface area contributed by atoms with Crippen molar-refractivity contribution in [2.75, 3.05) is 20.7 Å². The number of aromatic nitrogens is 2. The first-order valence-electron chi connectivity index (χ1n) is 13.5. The highest BCUT2D eigenvalue weighted by molar-refractivity contribution is 6.25. The highest BCUT2D eigenvalue weighted by atomic mass is 16.5. The lowest BCUT2D eigenvalue weighted by Crippen LogP contribution is -2.59. The highest BCUT2D eigenvalue weighted by Crippen LogP contribution is 2.55. The summed E-state index contributed by atoms with van der Waals surface area (Å²) >= 11 is 0. The molecule has 36 heavy (non-hydrogen) atoms. The maximum Gasteiger partial charge on any atom is 0.0959 e. The van der Waals surface area contributed by atoms with Crippen LogP contribution in [0.3, 0.4) is 0 Å². The van der Waals surface area contributed by atoms with E-state index >= 15 is 0 Å². The van der Waals surface area contributed by atoms with Crippen LogP contribution in [0.4, 0.5) is 0 Å². The Bertz CT molecular complexity index is 1710. The van der Waals surface area contributed by atoms with Gasteiger partial charge in [0.15, 0.2) is 0 Å². The summed E-state index contributed by atoms with van der Waals surface area (Å²) in [5.74, 6) is 0. The molecule has 2 aromatic heterocycles. The first kappa shape index (κ1) is 21.2. The third-order valence-electron chi connectivity index (χ3n) is 9.90. The summed E-state index contributed by atoms with van der Waals surface area (Å²) in [7, 11) is 4.20. The lowest BCUT2D eigenvalue weighted by molar-refractivity contribution is -0.0833. The molecule has 1 fully saturated rings. The Labute approximate surface area is 211 Å². The third-order valence-corrected chi connectivity index (χ3v) is 9.90. The van der Waals surface area contributed by atoms with E-state index < -0.39 is 0 Å². The molecule has 0 amide bonds. The van der Waals surface area contributed by atoms with E-state index in [9.17, 15) is 0 Å². The van der Waals surface area contributed by atoms with E-state index in [0.717, 1.165) is 32.5 Å². The number of hydrogen-bond acceptors (Lipinski definition) is 3. The maximum absolute atomic E-state index is 6.49. The van der Waals surface area contributed by atoms with Crippen LogP contribution in [0.2, 0.25) is 0 Å². The minimum atomic E-state index is -0.166. The van der Waals surface area contributed by atoms with E-state index in [1.54, 1.807) is 0 Å². The van der Waals surface area contributed by atoms with Crippen LogP contribution in [0.1, 0.15) is 43.9 Å². The number of fused-ring (bicyclic) bond motifs is 13. The van der Waals surface area contributed by atoms with E-state index in [-0.39, 0.29) is 11.6 Å². The number of ether oxygens (including phenoxy) is 1. The van der Waals surface area contributed by atoms with Crippen molar-refractivity contribution in [2.24, 2.45) is 0 Å². The fraction of sp³-hybridized carbons (Fsp3) is 0.419. The lowest BCUT2D eigenvalue weighted by atomic mass is 9.74. The minimum absolute atomic E-state index is 0.106. The number of benzene rings is 3. The molecular weight excluding hydrogens is 444 g/mol. The summed E-state index contributed by atoms with van der Waals surface area (Å²) in [5.41, 5.74) is 8.41. The molecule has 8 rings (SSSR count). The number of likely N-dealkylation sites (N-methyl/N-ethyl adjacent to an activating group) is 1. The van der Waals surface area contributed by atoms with Crippen LogP contribution in [-0.2, 0) is 23.4 Å². The Morgan fingerprint density at radius 2 is 1.61 bits per heavy atom. The van der Waals surface area contributed by atoms with Crippen molar-refractivity contribution in [3.05, 3.63) is 59.7 Å². The zero-order chi connectivity index (χ0) is 24.3. The van der Waals surface area contributed by atoms with Gasteiger partial charge in [-0.1, -0.05) is 43.3 Å². The van der Waals surface area contributed by atoms with E-state index in [1.165, 1.54) is 54.7 Å². The van der Waals surface area contributed by atoms with E-state index in [1.807, 2.05) is 7.11 Å². The largest absolute Gasteiger partial charge is 0.377 e. The molecule has 3 aliphatic rings. The monoisotopic (exact) mass is 478 g/mol. The van der Waals surface area contributed by atoms with Gasteiger partial charge in [-0.15, -0.1) is 0 Å². The lowest BCUT2D eigenvalue weighted by Gasteiger charge is -2.51. The average Bonchev–Trinajstić information content (AvgIpc) is 3.58. The van der Waals surface area contributed by atoms with Crippen molar-refractivity contribution >= 4 is 43.6 Å². The standard InChI is InChI=1S/C31H34N4O/c1-5-33(3)25-14-18-15-31(2,30(25)36-4)35-24-13-9-7-11-20(24)27-22-17-32-16-21(22)26-19-10-6-8-12-23(19)34(18)28(26)29(27)35/h6-13,18,25,30,32H,5,14-17H2,1-4H3/t18-,25+,30+,31-/m0/s1. The van der Waals surface area contributed by atoms with Crippen LogP contribution in [0.5, 0.6) is 0 Å². The smallest absolute Gasteiger partial charge is 0.0959 e. The predicted octanol–water partition coefficient (Wildman–Crippen LogP) is 5.90. The minimum Gasteiger partial charge on any atom is -0.377 e. The molecule has 1 saturated carbocycles. The molecule has 3 aromatic carbocycles. The van der Waals surface area contributed by atoms with Gasteiger partial charge in [-0.3, -0.25) is 0 Å². The van der Waals surface area contributed by atoms with Crippen molar-refractivity contribution in [1.82, 2.24) is 19.4 Å². The Hall–Kier alpha value is -2.86. The Morgan fingerprint density at radius 1 is 0.972 bits per heavy atom. The fourth-order valence-corrected chi connectivity index (χ4v) is 8.45. The summed E-state index contributed by atoms with van der Waals surface area (Å²) in [6.45, 7) is 7.64. The Kier molecular flexibility index (Phi) is 4.20. The van der Waals surface area contributed by atoms with Crippen molar-refractivity contribution in [3.63, 3.8) is 0 Å². The van der Waals surface area contributed by atoms with Crippen LogP contribution in [0.15, 0.2) is 48.5 Å². The number of methoxy groups -OCH3 is 1. The molecule has 0 unspecified atom stereocenters. The first-order chi connectivity index (χ1) is 17.6. The normalized spacial score (nSPS) is 27.2. The Morgan fingerprint density at radius 3 is 2.31 bits per heavy atom. The molecule has 5 aromatic rings. The van der Waals surface area contributed by atoms with Gasteiger partial charge in [0, 0.05) is 64.9 Å². The van der Waals surface area contributed by atoms with Gasteiger partial charge in [0.25, 0.3) is 0 Å². The molecule has 1 aliphatic carbocycles. The zero-order valence-electron chi connectivity index (χ0n) is 21.6. The molecule has 0 saturated heterocycles. The summed E-state index contributed by atoms with van der Waals surface area (Å²) in [6.07, 6.45) is 2.28. The number of nitrogens with one attached hydrogen (secondary N) is 1. The van der Waals surface area contributed by atoms with Crippen LogP contribution in [0.25, 0.3) is 43.6 Å². The number of para-hydroxylation sites is 2. The van der Waals surface area contributed by atoms with Gasteiger partial charge < -0.3 is 24.1 Å². The van der Waals surface area contributed by atoms with Crippen molar-refractivity contribution < 1.29 is 4.74 Å². The third kappa shape index (κ3) is 2.33. The van der Waals surface area contributed by atoms with Crippen LogP contribution >= 0.6 is 0 Å². The molecule has 0 radical (unpaired) electrons. The summed E-state index contributed by atoms with van der Waals surface area (Å²) in [6, 6.07) is 19.0. The number of rotatable bonds is 3. The average molecular weight is 479 g/mol. The second-order valence-electron chi connectivity index (χ2n) is 11.5. The molecule has 2 bridgehead atoms. The molecule has 2 aliphatic heterocycles. The second-order valence-corrected chi connectivity index (χ2v) is 11.5. The topological polar surface area (TPSA) is 34.4 Å². The van der Waals surface area contributed by atoms with Crippen LogP contribution in [-0.4, -0.2) is 46.9 Å². The predicted molar refractivity (Wildman–Crippen MR) is 148 cm³/mol. The first-order valence-corrected chi connectivity index (χ1v) is 13.5. The van der Waals surface area contributed by atoms with Gasteiger partial charge in [0.2, 0.25) is 0 Å². The number of hydrogen-bond donors (Lipinski definition) is 1. The van der Waals surface area contributed by atoms with Gasteiger partial charge in [0.1, 0.15) is 0 Å². The summed E-state index contributed by atoms with van der Waals surface area (Å²) < 4.78 is 12.0. The van der Waals surface area contributed by atoms with Gasteiger partial charge in [-0.2, -0.15) is 0 Å². The van der Waals surface area contributed by atoms with E-state index in [0.29, 0.717) is 12.1 Å². The molecule has 184 valence electrons. The van der Waals surface area contributed by atoms with Gasteiger partial charge in [-0.25, -0.2) is 0 Å². The van der Waals surface area contributed by atoms with Gasteiger partial charge >= 0.3 is 0 Å². The van der Waals surface area contributed by atoms with Gasteiger partial charge in [-0.05, 0) is 56.6 Å². The van der Waals surface area contributed by atoms with Crippen LogP contribution < -0.4 is 5.32 Å². The SMILES string of the molecule is CCN(C)[C@@H]1C[C@H]2C[C@@](C)([C@@H]1OC)n1c3ccccc3c3c4c(c5c6ccccc6n2c5c31)CNC4. The maximum atomic E-state index is 6.49. The van der Waals surface area contributed by atoms with Gasteiger partial charge in [0.05, 0.1) is 22.7 Å². The number of nitrogens with zero attached hydrogens (tertiary/aromatic N) is 3. The van der Waals surface area contributed by atoms with Crippen molar-refractivity contribution in [1.29, 1.82) is 0 Å². The Balaban J connectivity index is 1.66. The molecule has 0 spiro atoms. The van der Waals surface area contributed by atoms with Crippen molar-refractivity contribution in [2.45, 2.75) is 63.5 Å². The fourth-order valence-electron chi connectivity index (χ4n) is 8.45. The summed E-state index contributed by atoms with van der Waals surface area (Å²) in [5, 5.41) is 9.42. The second kappa shape index (κ2) is 7.12. The molecule has 5 heteroatoms. The molecule has 1 N–H and O–H groups in total. The van der Waals surface area contributed by atoms with E-state index in [4.69, 9.17) is 4.74 Å².